The molecule has 0 aliphatic heterocycles. The van der Waals surface area contributed by atoms with Gasteiger partial charge in [0.05, 0.1) is 24.7 Å². The van der Waals surface area contributed by atoms with Crippen LogP contribution in [0.3, 0.4) is 0 Å². The average Bonchev–Trinajstić information content (AvgIpc) is 2.32. The van der Waals surface area contributed by atoms with Crippen molar-refractivity contribution in [1.29, 1.82) is 0 Å². The second-order valence-corrected chi connectivity index (χ2v) is 6.29. The Hall–Kier alpha value is -0.470. The number of aryl methyl sites for hydroxylation is 1. The van der Waals surface area contributed by atoms with E-state index in [1.165, 1.54) is 0 Å². The molecule has 18 heavy (non-hydrogen) atoms. The second-order valence-electron chi connectivity index (χ2n) is 3.64. The minimum Gasteiger partial charge on any atom is -0.394 e. The summed E-state index contributed by atoms with van der Waals surface area (Å²) in [5, 5.41) is 8.50. The van der Waals surface area contributed by atoms with Crippen molar-refractivity contribution in [3.8, 4) is 0 Å². The van der Waals surface area contributed by atoms with Crippen molar-refractivity contribution in [3.63, 3.8) is 0 Å². The van der Waals surface area contributed by atoms with Gasteiger partial charge in [0.15, 0.2) is 0 Å². The molecule has 0 aromatic heterocycles. The van der Waals surface area contributed by atoms with Crippen molar-refractivity contribution in [3.05, 3.63) is 28.2 Å². The lowest BCUT2D eigenvalue weighted by atomic mass is 10.2. The van der Waals surface area contributed by atoms with Gasteiger partial charge in [0.25, 0.3) is 0 Å². The highest BCUT2D eigenvalue weighted by atomic mass is 79.9. The van der Waals surface area contributed by atoms with E-state index in [4.69, 9.17) is 9.84 Å². The molecule has 1 aromatic rings. The molecule has 0 aliphatic rings. The molecule has 0 fully saturated rings. The maximum absolute atomic E-state index is 12.0. The van der Waals surface area contributed by atoms with Crippen molar-refractivity contribution in [2.45, 2.75) is 11.8 Å². The monoisotopic (exact) mass is 337 g/mol. The van der Waals surface area contributed by atoms with Gasteiger partial charge in [-0.1, -0.05) is 22.0 Å². The van der Waals surface area contributed by atoms with Gasteiger partial charge in [0.2, 0.25) is 10.0 Å². The number of halogens is 1. The zero-order chi connectivity index (χ0) is 13.6. The molecular weight excluding hydrogens is 322 g/mol. The lowest BCUT2D eigenvalue weighted by Crippen LogP contribution is -2.28. The maximum Gasteiger partial charge on any atom is 0.240 e. The maximum atomic E-state index is 12.0. The molecule has 0 heterocycles. The Balaban J connectivity index is 2.66. The van der Waals surface area contributed by atoms with Crippen LogP contribution in [-0.4, -0.2) is 39.9 Å². The summed E-state index contributed by atoms with van der Waals surface area (Å²) in [6, 6.07) is 5.09. The number of ether oxygens (including phenoxy) is 1. The number of aliphatic hydroxyl groups is 1. The third-order valence-electron chi connectivity index (χ3n) is 2.21. The van der Waals surface area contributed by atoms with Gasteiger partial charge in [0.1, 0.15) is 0 Å². The quantitative estimate of drug-likeness (QED) is 0.729. The van der Waals surface area contributed by atoms with Crippen molar-refractivity contribution in [2.24, 2.45) is 0 Å². The Bertz CT molecular complexity index is 490. The van der Waals surface area contributed by atoms with Gasteiger partial charge in [0, 0.05) is 11.0 Å². The van der Waals surface area contributed by atoms with Gasteiger partial charge in [-0.2, -0.15) is 0 Å². The van der Waals surface area contributed by atoms with Crippen LogP contribution in [0.1, 0.15) is 5.56 Å². The normalized spacial score (nSPS) is 11.7. The molecule has 5 nitrogen and oxygen atoms in total. The summed E-state index contributed by atoms with van der Waals surface area (Å²) < 4.78 is 32.1. The van der Waals surface area contributed by atoms with E-state index in [1.807, 2.05) is 0 Å². The highest BCUT2D eigenvalue weighted by molar-refractivity contribution is 9.10. The van der Waals surface area contributed by atoms with Crippen LogP contribution < -0.4 is 4.72 Å². The number of benzene rings is 1. The molecule has 0 amide bonds. The SMILES string of the molecule is Cc1ccc(Br)cc1S(=O)(=O)NCCOCCO. The van der Waals surface area contributed by atoms with E-state index >= 15 is 0 Å². The number of aliphatic hydroxyl groups excluding tert-OH is 1. The van der Waals surface area contributed by atoms with E-state index in [1.54, 1.807) is 25.1 Å². The van der Waals surface area contributed by atoms with Gasteiger partial charge in [-0.3, -0.25) is 0 Å². The Kier molecular flexibility index (Phi) is 6.24. The fraction of sp³-hybridized carbons (Fsp3) is 0.455. The predicted octanol–water partition coefficient (Wildman–Crippen LogP) is 1.04. The topological polar surface area (TPSA) is 75.6 Å². The molecule has 0 atom stereocenters. The summed E-state index contributed by atoms with van der Waals surface area (Å²) in [7, 11) is -3.52. The zero-order valence-corrected chi connectivity index (χ0v) is 12.4. The van der Waals surface area contributed by atoms with Crippen LogP contribution in [0.4, 0.5) is 0 Å². The number of rotatable bonds is 7. The molecule has 0 saturated carbocycles. The van der Waals surface area contributed by atoms with Crippen LogP contribution in [0.5, 0.6) is 0 Å². The van der Waals surface area contributed by atoms with Gasteiger partial charge in [-0.25, -0.2) is 13.1 Å². The third kappa shape index (κ3) is 4.66. The largest absolute Gasteiger partial charge is 0.394 e. The van der Waals surface area contributed by atoms with Crippen LogP contribution in [0.15, 0.2) is 27.6 Å². The summed E-state index contributed by atoms with van der Waals surface area (Å²) in [6.07, 6.45) is 0. The van der Waals surface area contributed by atoms with Crippen LogP contribution in [0, 0.1) is 6.92 Å². The Morgan fingerprint density at radius 1 is 1.39 bits per heavy atom. The van der Waals surface area contributed by atoms with Crippen LogP contribution in [-0.2, 0) is 14.8 Å². The van der Waals surface area contributed by atoms with Crippen molar-refractivity contribution >= 4 is 26.0 Å². The van der Waals surface area contributed by atoms with E-state index in [0.29, 0.717) is 10.0 Å². The molecule has 0 spiro atoms. The molecule has 102 valence electrons. The molecule has 0 aliphatic carbocycles. The molecule has 1 rings (SSSR count). The Labute approximate surface area is 115 Å². The third-order valence-corrected chi connectivity index (χ3v) is 4.31. The lowest BCUT2D eigenvalue weighted by molar-refractivity contribution is 0.0961. The van der Waals surface area contributed by atoms with Crippen molar-refractivity contribution < 1.29 is 18.3 Å². The van der Waals surface area contributed by atoms with Gasteiger partial charge in [-0.05, 0) is 24.6 Å². The molecule has 0 radical (unpaired) electrons. The van der Waals surface area contributed by atoms with E-state index < -0.39 is 10.0 Å². The summed E-state index contributed by atoms with van der Waals surface area (Å²) in [5.74, 6) is 0. The van der Waals surface area contributed by atoms with Crippen LogP contribution >= 0.6 is 15.9 Å². The first-order valence-electron chi connectivity index (χ1n) is 5.42. The first-order chi connectivity index (χ1) is 8.47. The van der Waals surface area contributed by atoms with E-state index in [-0.39, 0.29) is 31.3 Å². The standard InChI is InChI=1S/C11H16BrNO4S/c1-9-2-3-10(12)8-11(9)18(15,16)13-4-6-17-7-5-14/h2-3,8,13-14H,4-7H2,1H3. The number of sulfonamides is 1. The minimum atomic E-state index is -3.52. The summed E-state index contributed by atoms with van der Waals surface area (Å²) >= 11 is 3.25. The lowest BCUT2D eigenvalue weighted by Gasteiger charge is -2.09. The second kappa shape index (κ2) is 7.20. The highest BCUT2D eigenvalue weighted by Crippen LogP contribution is 2.20. The fourth-order valence-electron chi connectivity index (χ4n) is 1.36. The predicted molar refractivity (Wildman–Crippen MR) is 72.0 cm³/mol. The molecule has 1 aromatic carbocycles. The molecular formula is C11H16BrNO4S. The van der Waals surface area contributed by atoms with Crippen LogP contribution in [0.25, 0.3) is 0 Å². The fourth-order valence-corrected chi connectivity index (χ4v) is 3.15. The van der Waals surface area contributed by atoms with E-state index in [0.717, 1.165) is 0 Å². The smallest absolute Gasteiger partial charge is 0.240 e. The first kappa shape index (κ1) is 15.6. The number of hydrogen-bond donors (Lipinski definition) is 2. The highest BCUT2D eigenvalue weighted by Gasteiger charge is 2.16. The molecule has 7 heteroatoms. The minimum absolute atomic E-state index is 0.0719. The van der Waals surface area contributed by atoms with E-state index in [2.05, 4.69) is 20.7 Å². The number of nitrogens with one attached hydrogen (secondary N) is 1. The van der Waals surface area contributed by atoms with Gasteiger partial charge in [-0.15, -0.1) is 0 Å². The Morgan fingerprint density at radius 2 is 2.11 bits per heavy atom. The van der Waals surface area contributed by atoms with Crippen molar-refractivity contribution in [1.82, 2.24) is 4.72 Å². The Morgan fingerprint density at radius 3 is 2.78 bits per heavy atom. The zero-order valence-electron chi connectivity index (χ0n) is 10.0. The molecule has 0 unspecified atom stereocenters. The van der Waals surface area contributed by atoms with Crippen LogP contribution in [0.2, 0.25) is 0 Å². The van der Waals surface area contributed by atoms with E-state index in [9.17, 15) is 8.42 Å². The average molecular weight is 338 g/mol. The molecule has 0 bridgehead atoms. The molecule has 2 N–H and O–H groups in total. The molecule has 0 saturated heterocycles. The van der Waals surface area contributed by atoms with Gasteiger partial charge >= 0.3 is 0 Å². The summed E-state index contributed by atoms with van der Waals surface area (Å²) in [5.41, 5.74) is 0.682. The number of hydrogen-bond acceptors (Lipinski definition) is 4. The first-order valence-corrected chi connectivity index (χ1v) is 7.69. The van der Waals surface area contributed by atoms with Gasteiger partial charge < -0.3 is 9.84 Å². The summed E-state index contributed by atoms with van der Waals surface area (Å²) in [4.78, 5) is 0.249. The summed E-state index contributed by atoms with van der Waals surface area (Å²) in [6.45, 7) is 2.28. The van der Waals surface area contributed by atoms with Crippen molar-refractivity contribution in [2.75, 3.05) is 26.4 Å².